The molecule has 3 heterocycles. The molecule has 3 aromatic rings. The summed E-state index contributed by atoms with van der Waals surface area (Å²) in [5.41, 5.74) is 0.644. The van der Waals surface area contributed by atoms with Crippen LogP contribution in [0.1, 0.15) is 58.3 Å². The summed E-state index contributed by atoms with van der Waals surface area (Å²) in [7, 11) is 0. The van der Waals surface area contributed by atoms with Gasteiger partial charge in [-0.3, -0.25) is 19.4 Å². The Balaban J connectivity index is 1.58. The number of nitrogens with one attached hydrogen (secondary N) is 2. The monoisotopic (exact) mass is 496 g/mol. The summed E-state index contributed by atoms with van der Waals surface area (Å²) in [4.78, 5) is 46.7. The van der Waals surface area contributed by atoms with Crippen molar-refractivity contribution in [1.29, 1.82) is 0 Å². The van der Waals surface area contributed by atoms with Crippen LogP contribution in [0.4, 0.5) is 0 Å². The van der Waals surface area contributed by atoms with Gasteiger partial charge >= 0.3 is 0 Å². The molecule has 0 aliphatic heterocycles. The maximum Gasteiger partial charge on any atom is 0.261 e. The van der Waals surface area contributed by atoms with Crippen LogP contribution >= 0.6 is 22.7 Å². The summed E-state index contributed by atoms with van der Waals surface area (Å²) in [6.07, 6.45) is 8.54. The molecule has 7 nitrogen and oxygen atoms in total. The molecule has 0 saturated heterocycles. The number of pyridine rings is 1. The summed E-state index contributed by atoms with van der Waals surface area (Å²) in [6, 6.07) is 10.2. The predicted octanol–water partition coefficient (Wildman–Crippen LogP) is 4.15. The maximum absolute atomic E-state index is 13.6. The van der Waals surface area contributed by atoms with E-state index in [9.17, 15) is 14.4 Å². The van der Waals surface area contributed by atoms with Crippen LogP contribution < -0.4 is 10.6 Å². The first-order chi connectivity index (χ1) is 16.6. The minimum atomic E-state index is -0.844. The first-order valence-electron chi connectivity index (χ1n) is 11.5. The third kappa shape index (κ3) is 6.30. The van der Waals surface area contributed by atoms with Gasteiger partial charge in [-0.2, -0.15) is 0 Å². The van der Waals surface area contributed by atoms with Crippen LogP contribution in [0.2, 0.25) is 0 Å². The third-order valence-electron chi connectivity index (χ3n) is 5.88. The van der Waals surface area contributed by atoms with E-state index in [1.54, 1.807) is 35.5 Å². The van der Waals surface area contributed by atoms with E-state index in [-0.39, 0.29) is 36.9 Å². The molecule has 0 bridgehead atoms. The molecular weight excluding hydrogens is 468 g/mol. The number of aromatic nitrogens is 1. The number of thiophene rings is 2. The van der Waals surface area contributed by atoms with Crippen LogP contribution in [0, 0.1) is 0 Å². The highest BCUT2D eigenvalue weighted by Gasteiger charge is 2.33. The molecule has 3 aromatic heterocycles. The van der Waals surface area contributed by atoms with Crippen molar-refractivity contribution in [3.8, 4) is 0 Å². The summed E-state index contributed by atoms with van der Waals surface area (Å²) < 4.78 is 0. The van der Waals surface area contributed by atoms with Gasteiger partial charge in [0.25, 0.3) is 5.91 Å². The van der Waals surface area contributed by atoms with Crippen molar-refractivity contribution >= 4 is 40.4 Å². The highest BCUT2D eigenvalue weighted by atomic mass is 32.1. The molecule has 1 atom stereocenters. The van der Waals surface area contributed by atoms with Crippen LogP contribution in [-0.2, 0) is 16.1 Å². The zero-order valence-electron chi connectivity index (χ0n) is 18.8. The molecule has 9 heteroatoms. The lowest BCUT2D eigenvalue weighted by Gasteiger charge is -2.33. The molecule has 3 amide bonds. The minimum absolute atomic E-state index is 0.109. The van der Waals surface area contributed by atoms with Gasteiger partial charge in [0, 0.05) is 28.9 Å². The largest absolute Gasteiger partial charge is 0.351 e. The van der Waals surface area contributed by atoms with E-state index in [4.69, 9.17) is 0 Å². The smallest absolute Gasteiger partial charge is 0.261 e. The van der Waals surface area contributed by atoms with Gasteiger partial charge in [-0.25, -0.2) is 0 Å². The lowest BCUT2D eigenvalue weighted by molar-refractivity contribution is -0.141. The summed E-state index contributed by atoms with van der Waals surface area (Å²) in [5, 5.41) is 9.64. The molecule has 0 unspecified atom stereocenters. The van der Waals surface area contributed by atoms with E-state index < -0.39 is 6.04 Å². The van der Waals surface area contributed by atoms with E-state index in [2.05, 4.69) is 15.6 Å². The van der Waals surface area contributed by atoms with Crippen molar-refractivity contribution in [1.82, 2.24) is 20.5 Å². The van der Waals surface area contributed by atoms with Gasteiger partial charge in [0.05, 0.1) is 18.0 Å². The topological polar surface area (TPSA) is 91.4 Å². The lowest BCUT2D eigenvalue weighted by Crippen LogP contribution is -2.49. The second-order valence-corrected chi connectivity index (χ2v) is 10.3. The Labute approximate surface area is 207 Å². The standard InChI is InChI=1S/C25H28N4O3S2/c30-22(16-27-24(31)21-11-6-14-34-21)29(17-20-10-5-13-33-20)23(18-7-4-12-26-15-18)25(32)28-19-8-2-1-3-9-19/h4-7,10-15,19,23H,1-3,8-9,16-17H2,(H,27,31)(H,28,32)/t23-/m0/s1. The number of carbonyl (C=O) groups excluding carboxylic acids is 3. The molecule has 34 heavy (non-hydrogen) atoms. The Morgan fingerprint density at radius 3 is 2.50 bits per heavy atom. The van der Waals surface area contributed by atoms with E-state index >= 15 is 0 Å². The molecule has 0 radical (unpaired) electrons. The van der Waals surface area contributed by atoms with E-state index in [0.717, 1.165) is 30.6 Å². The van der Waals surface area contributed by atoms with Gasteiger partial charge in [0.1, 0.15) is 6.04 Å². The number of nitrogens with zero attached hydrogens (tertiary/aromatic N) is 2. The fourth-order valence-electron chi connectivity index (χ4n) is 4.18. The van der Waals surface area contributed by atoms with E-state index in [0.29, 0.717) is 10.4 Å². The van der Waals surface area contributed by atoms with Gasteiger partial charge in [-0.05, 0) is 41.8 Å². The molecule has 0 aromatic carbocycles. The van der Waals surface area contributed by atoms with Crippen molar-refractivity contribution in [3.05, 3.63) is 74.9 Å². The zero-order chi connectivity index (χ0) is 23.8. The van der Waals surface area contributed by atoms with E-state index in [1.165, 1.54) is 29.1 Å². The molecule has 1 saturated carbocycles. The summed E-state index contributed by atoms with van der Waals surface area (Å²) in [6.45, 7) is 0.0681. The Kier molecular flexibility index (Phi) is 8.43. The molecule has 0 spiro atoms. The van der Waals surface area contributed by atoms with Crippen LogP contribution in [-0.4, -0.2) is 40.2 Å². The average Bonchev–Trinajstić information content (AvgIpc) is 3.58. The Hall–Kier alpha value is -3.04. The molecule has 178 valence electrons. The molecule has 1 aliphatic rings. The highest BCUT2D eigenvalue weighted by Crippen LogP contribution is 2.26. The molecule has 4 rings (SSSR count). The molecular formula is C25H28N4O3S2. The first kappa shape index (κ1) is 24.1. The number of rotatable bonds is 9. The number of hydrogen-bond donors (Lipinski definition) is 2. The van der Waals surface area contributed by atoms with Gasteiger partial charge in [0.15, 0.2) is 0 Å². The summed E-state index contributed by atoms with van der Waals surface area (Å²) in [5.74, 6) is -0.843. The first-order valence-corrected chi connectivity index (χ1v) is 13.2. The van der Waals surface area contributed by atoms with Crippen molar-refractivity contribution in [3.63, 3.8) is 0 Å². The Morgan fingerprint density at radius 1 is 1.03 bits per heavy atom. The lowest BCUT2D eigenvalue weighted by atomic mass is 9.95. The predicted molar refractivity (Wildman–Crippen MR) is 134 cm³/mol. The second kappa shape index (κ2) is 11.9. The fraction of sp³-hybridized carbons (Fsp3) is 0.360. The Bertz CT molecular complexity index is 1070. The van der Waals surface area contributed by atoms with Gasteiger partial charge < -0.3 is 15.5 Å². The number of hydrogen-bond acceptors (Lipinski definition) is 6. The fourth-order valence-corrected chi connectivity index (χ4v) is 5.53. The average molecular weight is 497 g/mol. The normalized spacial score (nSPS) is 14.8. The molecule has 2 N–H and O–H groups in total. The third-order valence-corrected chi connectivity index (χ3v) is 7.61. The van der Waals surface area contributed by atoms with Crippen molar-refractivity contribution in [2.24, 2.45) is 0 Å². The van der Waals surface area contributed by atoms with Crippen LogP contribution in [0.5, 0.6) is 0 Å². The van der Waals surface area contributed by atoms with Crippen LogP contribution in [0.15, 0.2) is 59.6 Å². The van der Waals surface area contributed by atoms with Crippen molar-refractivity contribution < 1.29 is 14.4 Å². The van der Waals surface area contributed by atoms with Crippen molar-refractivity contribution in [2.75, 3.05) is 6.54 Å². The van der Waals surface area contributed by atoms with Crippen LogP contribution in [0.3, 0.4) is 0 Å². The summed E-state index contributed by atoms with van der Waals surface area (Å²) >= 11 is 2.84. The van der Waals surface area contributed by atoms with Crippen molar-refractivity contribution in [2.45, 2.75) is 50.7 Å². The second-order valence-electron chi connectivity index (χ2n) is 8.29. The van der Waals surface area contributed by atoms with Gasteiger partial charge in [0.2, 0.25) is 11.8 Å². The molecule has 1 aliphatic carbocycles. The Morgan fingerprint density at radius 2 is 1.82 bits per heavy atom. The minimum Gasteiger partial charge on any atom is -0.351 e. The number of amides is 3. The SMILES string of the molecule is O=C(NCC(=O)N(Cc1cccs1)[C@H](C(=O)NC1CCCCC1)c1cccnc1)c1cccs1. The van der Waals surface area contributed by atoms with Gasteiger partial charge in [-0.1, -0.05) is 37.5 Å². The maximum atomic E-state index is 13.6. The number of carbonyl (C=O) groups is 3. The zero-order valence-corrected chi connectivity index (χ0v) is 20.4. The quantitative estimate of drug-likeness (QED) is 0.466. The van der Waals surface area contributed by atoms with Gasteiger partial charge in [-0.15, -0.1) is 22.7 Å². The molecule has 1 fully saturated rings. The van der Waals surface area contributed by atoms with Crippen LogP contribution in [0.25, 0.3) is 0 Å². The highest BCUT2D eigenvalue weighted by molar-refractivity contribution is 7.12. The van der Waals surface area contributed by atoms with E-state index in [1.807, 2.05) is 29.0 Å².